The Morgan fingerprint density at radius 2 is 2.11 bits per heavy atom. The fraction of sp³-hybridized carbons (Fsp3) is 0.308. The molecule has 0 aliphatic carbocycles. The molecule has 0 fully saturated rings. The first-order chi connectivity index (χ1) is 9.17. The molecular weight excluding hydrogens is 260 g/mol. The number of hydrogen-bond acceptors (Lipinski definition) is 4. The fourth-order valence-corrected chi connectivity index (χ4v) is 2.18. The molecule has 2 aromatic rings. The van der Waals surface area contributed by atoms with Crippen molar-refractivity contribution < 1.29 is 4.79 Å². The minimum atomic E-state index is -0.0586. The second-order valence-corrected chi connectivity index (χ2v) is 5.03. The van der Waals surface area contributed by atoms with Crippen LogP contribution in [0.3, 0.4) is 0 Å². The number of carbonyl (C=O) groups is 1. The fourth-order valence-electron chi connectivity index (χ4n) is 1.54. The van der Waals surface area contributed by atoms with Gasteiger partial charge in [-0.15, -0.1) is 5.10 Å². The standard InChI is InChI=1S/C13H16N4OS/c1-3-10-4-6-11(7-5-10)15-12(18)8-19-13-14-9(2)16-17-13/h4-7H,3,8H2,1-2H3,(H,15,18)(H,14,16,17). The van der Waals surface area contributed by atoms with Crippen LogP contribution in [-0.4, -0.2) is 26.8 Å². The summed E-state index contributed by atoms with van der Waals surface area (Å²) in [7, 11) is 0. The van der Waals surface area contributed by atoms with E-state index in [1.165, 1.54) is 17.3 Å². The molecule has 1 heterocycles. The number of anilines is 1. The summed E-state index contributed by atoms with van der Waals surface area (Å²) in [6, 6.07) is 7.86. The number of rotatable bonds is 5. The van der Waals surface area contributed by atoms with Crippen LogP contribution >= 0.6 is 11.8 Å². The predicted molar refractivity (Wildman–Crippen MR) is 76.3 cm³/mol. The maximum Gasteiger partial charge on any atom is 0.234 e. The average molecular weight is 276 g/mol. The maximum atomic E-state index is 11.7. The molecule has 100 valence electrons. The number of thioether (sulfide) groups is 1. The van der Waals surface area contributed by atoms with Gasteiger partial charge in [-0.2, -0.15) is 0 Å². The largest absolute Gasteiger partial charge is 0.325 e. The molecule has 5 nitrogen and oxygen atoms in total. The van der Waals surface area contributed by atoms with Crippen molar-refractivity contribution in [2.45, 2.75) is 25.4 Å². The molecule has 0 spiro atoms. The number of aromatic nitrogens is 3. The van der Waals surface area contributed by atoms with Crippen LogP contribution in [0.5, 0.6) is 0 Å². The van der Waals surface area contributed by atoms with E-state index in [-0.39, 0.29) is 5.91 Å². The van der Waals surface area contributed by atoms with Crippen LogP contribution in [0.15, 0.2) is 29.4 Å². The van der Waals surface area contributed by atoms with Gasteiger partial charge in [0, 0.05) is 5.69 Å². The van der Waals surface area contributed by atoms with E-state index >= 15 is 0 Å². The van der Waals surface area contributed by atoms with E-state index in [4.69, 9.17) is 0 Å². The zero-order valence-corrected chi connectivity index (χ0v) is 11.8. The second kappa shape index (κ2) is 6.38. The molecule has 0 aliphatic rings. The molecule has 6 heteroatoms. The summed E-state index contributed by atoms with van der Waals surface area (Å²) in [5.41, 5.74) is 2.07. The SMILES string of the molecule is CCc1ccc(NC(=O)CSc2n[nH]c(C)n2)cc1. The number of nitrogens with one attached hydrogen (secondary N) is 2. The van der Waals surface area contributed by atoms with E-state index in [1.807, 2.05) is 31.2 Å². The number of aryl methyl sites for hydroxylation is 2. The Bertz CT molecular complexity index is 550. The van der Waals surface area contributed by atoms with E-state index in [0.717, 1.165) is 17.9 Å². The van der Waals surface area contributed by atoms with Crippen LogP contribution in [0.2, 0.25) is 0 Å². The van der Waals surface area contributed by atoms with Crippen LogP contribution in [0.25, 0.3) is 0 Å². The quantitative estimate of drug-likeness (QED) is 0.823. The number of amides is 1. The van der Waals surface area contributed by atoms with Crippen molar-refractivity contribution in [3.8, 4) is 0 Å². The smallest absolute Gasteiger partial charge is 0.234 e. The number of nitrogens with zero attached hydrogens (tertiary/aromatic N) is 2. The van der Waals surface area contributed by atoms with Gasteiger partial charge in [0.25, 0.3) is 0 Å². The highest BCUT2D eigenvalue weighted by atomic mass is 32.2. The van der Waals surface area contributed by atoms with Gasteiger partial charge in [-0.1, -0.05) is 30.8 Å². The molecule has 1 aromatic carbocycles. The third-order valence-corrected chi connectivity index (χ3v) is 3.40. The van der Waals surface area contributed by atoms with Crippen molar-refractivity contribution in [2.75, 3.05) is 11.1 Å². The van der Waals surface area contributed by atoms with Crippen molar-refractivity contribution in [1.82, 2.24) is 15.2 Å². The first kappa shape index (κ1) is 13.6. The topological polar surface area (TPSA) is 70.7 Å². The van der Waals surface area contributed by atoms with E-state index in [1.54, 1.807) is 0 Å². The Balaban J connectivity index is 1.83. The second-order valence-electron chi connectivity index (χ2n) is 4.09. The maximum absolute atomic E-state index is 11.7. The molecule has 19 heavy (non-hydrogen) atoms. The lowest BCUT2D eigenvalue weighted by Crippen LogP contribution is -2.14. The van der Waals surface area contributed by atoms with Gasteiger partial charge in [0.2, 0.25) is 11.1 Å². The highest BCUT2D eigenvalue weighted by Gasteiger charge is 2.06. The molecule has 0 saturated carbocycles. The molecule has 1 aromatic heterocycles. The Labute approximate surface area is 116 Å². The van der Waals surface area contributed by atoms with Gasteiger partial charge in [-0.25, -0.2) is 4.98 Å². The van der Waals surface area contributed by atoms with Crippen molar-refractivity contribution in [3.05, 3.63) is 35.7 Å². The molecule has 0 aliphatic heterocycles. The van der Waals surface area contributed by atoms with Crippen molar-refractivity contribution in [3.63, 3.8) is 0 Å². The molecule has 0 bridgehead atoms. The minimum Gasteiger partial charge on any atom is -0.325 e. The number of carbonyl (C=O) groups excluding carboxylic acids is 1. The number of hydrogen-bond donors (Lipinski definition) is 2. The first-order valence-electron chi connectivity index (χ1n) is 6.08. The Morgan fingerprint density at radius 1 is 1.37 bits per heavy atom. The molecule has 0 atom stereocenters. The Hall–Kier alpha value is -1.82. The van der Waals surface area contributed by atoms with E-state index in [0.29, 0.717) is 10.9 Å². The van der Waals surface area contributed by atoms with E-state index < -0.39 is 0 Å². The lowest BCUT2D eigenvalue weighted by molar-refractivity contribution is -0.113. The van der Waals surface area contributed by atoms with Crippen LogP contribution in [0.1, 0.15) is 18.3 Å². The lowest BCUT2D eigenvalue weighted by Gasteiger charge is -2.04. The molecule has 0 radical (unpaired) electrons. The Kier molecular flexibility index (Phi) is 4.57. The van der Waals surface area contributed by atoms with Crippen molar-refractivity contribution >= 4 is 23.4 Å². The number of H-pyrrole nitrogens is 1. The minimum absolute atomic E-state index is 0.0586. The summed E-state index contributed by atoms with van der Waals surface area (Å²) in [5.74, 6) is 0.988. The van der Waals surface area contributed by atoms with Crippen molar-refractivity contribution in [1.29, 1.82) is 0 Å². The van der Waals surface area contributed by atoms with Gasteiger partial charge >= 0.3 is 0 Å². The summed E-state index contributed by atoms with van der Waals surface area (Å²) in [6.07, 6.45) is 0.994. The number of aromatic amines is 1. The third kappa shape index (κ3) is 4.10. The monoisotopic (exact) mass is 276 g/mol. The van der Waals surface area contributed by atoms with Gasteiger partial charge in [0.1, 0.15) is 5.82 Å². The summed E-state index contributed by atoms with van der Waals surface area (Å²) in [4.78, 5) is 15.9. The first-order valence-corrected chi connectivity index (χ1v) is 7.06. The zero-order valence-electron chi connectivity index (χ0n) is 10.9. The van der Waals surface area contributed by atoms with Crippen LogP contribution in [0.4, 0.5) is 5.69 Å². The summed E-state index contributed by atoms with van der Waals surface area (Å²) >= 11 is 1.31. The van der Waals surface area contributed by atoms with Crippen LogP contribution in [-0.2, 0) is 11.2 Å². The lowest BCUT2D eigenvalue weighted by atomic mass is 10.1. The summed E-state index contributed by atoms with van der Waals surface area (Å²) < 4.78 is 0. The zero-order chi connectivity index (χ0) is 13.7. The molecule has 0 saturated heterocycles. The van der Waals surface area contributed by atoms with Gasteiger partial charge in [-0.05, 0) is 31.0 Å². The molecular formula is C13H16N4OS. The van der Waals surface area contributed by atoms with Gasteiger partial charge in [0.05, 0.1) is 5.75 Å². The average Bonchev–Trinajstić information content (AvgIpc) is 2.83. The van der Waals surface area contributed by atoms with Gasteiger partial charge in [-0.3, -0.25) is 9.89 Å². The van der Waals surface area contributed by atoms with Crippen molar-refractivity contribution in [2.24, 2.45) is 0 Å². The van der Waals surface area contributed by atoms with E-state index in [9.17, 15) is 4.79 Å². The van der Waals surface area contributed by atoms with Crippen LogP contribution < -0.4 is 5.32 Å². The normalized spacial score (nSPS) is 10.4. The molecule has 2 N–H and O–H groups in total. The van der Waals surface area contributed by atoms with Gasteiger partial charge < -0.3 is 5.32 Å². The van der Waals surface area contributed by atoms with E-state index in [2.05, 4.69) is 27.4 Å². The number of benzene rings is 1. The molecule has 2 rings (SSSR count). The highest BCUT2D eigenvalue weighted by molar-refractivity contribution is 7.99. The molecule has 0 unspecified atom stereocenters. The summed E-state index contributed by atoms with van der Waals surface area (Å²) in [6.45, 7) is 3.93. The van der Waals surface area contributed by atoms with Crippen LogP contribution in [0, 0.1) is 6.92 Å². The third-order valence-electron chi connectivity index (χ3n) is 2.56. The Morgan fingerprint density at radius 3 is 2.68 bits per heavy atom. The highest BCUT2D eigenvalue weighted by Crippen LogP contribution is 2.14. The molecule has 1 amide bonds. The van der Waals surface area contributed by atoms with Gasteiger partial charge in [0.15, 0.2) is 0 Å². The summed E-state index contributed by atoms with van der Waals surface area (Å²) in [5, 5.41) is 10.1. The predicted octanol–water partition coefficient (Wildman–Crippen LogP) is 2.41.